The quantitative estimate of drug-likeness (QED) is 0.696. The van der Waals surface area contributed by atoms with E-state index >= 15 is 0 Å². The standard InChI is InChI=1S/C13H21N3O3/c1-10-6-12(14-11(8-17)9-18)15-13(7-10)16-2-4-19-5-3-16/h6-7,11,17-18H,2-5,8-9H2,1H3,(H,14,15). The third-order valence-electron chi connectivity index (χ3n) is 3.08. The predicted octanol–water partition coefficient (Wildman–Crippen LogP) is -0.00828. The van der Waals surface area contributed by atoms with Gasteiger partial charge in [-0.3, -0.25) is 0 Å². The molecule has 0 amide bonds. The van der Waals surface area contributed by atoms with E-state index in [2.05, 4.69) is 15.2 Å². The normalized spacial score (nSPS) is 15.9. The van der Waals surface area contributed by atoms with E-state index in [0.717, 1.165) is 24.5 Å². The zero-order chi connectivity index (χ0) is 13.7. The van der Waals surface area contributed by atoms with Crippen LogP contribution in [-0.2, 0) is 4.74 Å². The van der Waals surface area contributed by atoms with Crippen molar-refractivity contribution in [3.05, 3.63) is 17.7 Å². The fourth-order valence-electron chi connectivity index (χ4n) is 2.04. The van der Waals surface area contributed by atoms with E-state index < -0.39 is 0 Å². The van der Waals surface area contributed by atoms with Crippen molar-refractivity contribution in [1.29, 1.82) is 0 Å². The molecule has 106 valence electrons. The third-order valence-corrected chi connectivity index (χ3v) is 3.08. The van der Waals surface area contributed by atoms with Gasteiger partial charge in [0.2, 0.25) is 0 Å². The summed E-state index contributed by atoms with van der Waals surface area (Å²) in [7, 11) is 0. The Morgan fingerprint density at radius 1 is 1.32 bits per heavy atom. The van der Waals surface area contributed by atoms with Crippen molar-refractivity contribution in [2.24, 2.45) is 0 Å². The number of ether oxygens (including phenoxy) is 1. The minimum absolute atomic E-state index is 0.126. The molecule has 0 unspecified atom stereocenters. The van der Waals surface area contributed by atoms with Crippen LogP contribution in [0.2, 0.25) is 0 Å². The van der Waals surface area contributed by atoms with Gasteiger partial charge >= 0.3 is 0 Å². The Balaban J connectivity index is 2.13. The summed E-state index contributed by atoms with van der Waals surface area (Å²) in [6.07, 6.45) is 0. The van der Waals surface area contributed by atoms with Crippen LogP contribution in [0.5, 0.6) is 0 Å². The second kappa shape index (κ2) is 6.70. The van der Waals surface area contributed by atoms with Gasteiger partial charge < -0.3 is 25.2 Å². The van der Waals surface area contributed by atoms with E-state index in [1.807, 2.05) is 19.1 Å². The van der Waals surface area contributed by atoms with Crippen LogP contribution >= 0.6 is 0 Å². The van der Waals surface area contributed by atoms with Crippen LogP contribution in [-0.4, -0.2) is 60.8 Å². The number of aryl methyl sites for hydroxylation is 1. The zero-order valence-electron chi connectivity index (χ0n) is 11.2. The number of hydrogen-bond acceptors (Lipinski definition) is 6. The van der Waals surface area contributed by atoms with Gasteiger partial charge in [0.05, 0.1) is 32.5 Å². The molecule has 1 aromatic rings. The number of aliphatic hydroxyl groups excluding tert-OH is 2. The molecule has 0 aliphatic carbocycles. The molecule has 2 heterocycles. The lowest BCUT2D eigenvalue weighted by Crippen LogP contribution is -2.37. The summed E-state index contributed by atoms with van der Waals surface area (Å²) in [6.45, 7) is 4.85. The number of aliphatic hydroxyl groups is 2. The maximum atomic E-state index is 9.10. The molecule has 3 N–H and O–H groups in total. The number of aromatic nitrogens is 1. The van der Waals surface area contributed by atoms with Gasteiger partial charge in [-0.1, -0.05) is 0 Å². The molecular weight excluding hydrogens is 246 g/mol. The molecule has 2 rings (SSSR count). The van der Waals surface area contributed by atoms with E-state index in [1.54, 1.807) is 0 Å². The summed E-state index contributed by atoms with van der Waals surface area (Å²) in [5.41, 5.74) is 1.09. The predicted molar refractivity (Wildman–Crippen MR) is 73.6 cm³/mol. The Morgan fingerprint density at radius 3 is 2.63 bits per heavy atom. The number of hydrogen-bond donors (Lipinski definition) is 3. The SMILES string of the molecule is Cc1cc(NC(CO)CO)nc(N2CCOCC2)c1. The van der Waals surface area contributed by atoms with Gasteiger partial charge in [-0.05, 0) is 24.6 Å². The first-order valence-electron chi connectivity index (χ1n) is 6.52. The fourth-order valence-corrected chi connectivity index (χ4v) is 2.04. The van der Waals surface area contributed by atoms with Gasteiger partial charge in [-0.25, -0.2) is 4.98 Å². The van der Waals surface area contributed by atoms with E-state index in [4.69, 9.17) is 14.9 Å². The van der Waals surface area contributed by atoms with E-state index in [-0.39, 0.29) is 19.3 Å². The van der Waals surface area contributed by atoms with Crippen LogP contribution in [0.3, 0.4) is 0 Å². The highest BCUT2D eigenvalue weighted by Gasteiger charge is 2.14. The minimum Gasteiger partial charge on any atom is -0.394 e. The number of morpholine rings is 1. The summed E-state index contributed by atoms with van der Waals surface area (Å²) >= 11 is 0. The zero-order valence-corrected chi connectivity index (χ0v) is 11.2. The Morgan fingerprint density at radius 2 is 2.00 bits per heavy atom. The minimum atomic E-state index is -0.383. The molecule has 19 heavy (non-hydrogen) atoms. The summed E-state index contributed by atoms with van der Waals surface area (Å²) in [4.78, 5) is 6.71. The second-order valence-corrected chi connectivity index (χ2v) is 4.69. The van der Waals surface area contributed by atoms with Crippen molar-refractivity contribution in [2.45, 2.75) is 13.0 Å². The van der Waals surface area contributed by atoms with Crippen LogP contribution in [0, 0.1) is 6.92 Å². The van der Waals surface area contributed by atoms with Crippen LogP contribution in [0.1, 0.15) is 5.56 Å². The lowest BCUT2D eigenvalue weighted by Gasteiger charge is -2.28. The molecule has 1 aliphatic heterocycles. The maximum Gasteiger partial charge on any atom is 0.131 e. The van der Waals surface area contributed by atoms with E-state index in [9.17, 15) is 0 Å². The van der Waals surface area contributed by atoms with Crippen molar-refractivity contribution in [1.82, 2.24) is 4.98 Å². The van der Waals surface area contributed by atoms with E-state index in [1.165, 1.54) is 0 Å². The van der Waals surface area contributed by atoms with Crippen molar-refractivity contribution in [2.75, 3.05) is 49.7 Å². The summed E-state index contributed by atoms with van der Waals surface area (Å²) in [5.74, 6) is 1.58. The van der Waals surface area contributed by atoms with Crippen LogP contribution in [0.15, 0.2) is 12.1 Å². The smallest absolute Gasteiger partial charge is 0.131 e. The fraction of sp³-hybridized carbons (Fsp3) is 0.615. The van der Waals surface area contributed by atoms with Gasteiger partial charge in [-0.2, -0.15) is 0 Å². The highest BCUT2D eigenvalue weighted by atomic mass is 16.5. The van der Waals surface area contributed by atoms with E-state index in [0.29, 0.717) is 19.0 Å². The molecule has 0 spiro atoms. The lowest BCUT2D eigenvalue weighted by molar-refractivity contribution is 0.122. The van der Waals surface area contributed by atoms with Crippen molar-refractivity contribution < 1.29 is 14.9 Å². The highest BCUT2D eigenvalue weighted by Crippen LogP contribution is 2.19. The molecule has 0 atom stereocenters. The molecule has 6 heteroatoms. The summed E-state index contributed by atoms with van der Waals surface area (Å²) in [5, 5.41) is 21.2. The molecule has 1 fully saturated rings. The van der Waals surface area contributed by atoms with Gasteiger partial charge in [0.15, 0.2) is 0 Å². The van der Waals surface area contributed by atoms with Crippen LogP contribution in [0.4, 0.5) is 11.6 Å². The summed E-state index contributed by atoms with van der Waals surface area (Å²) in [6, 6.07) is 3.55. The molecule has 1 aliphatic rings. The monoisotopic (exact) mass is 267 g/mol. The van der Waals surface area contributed by atoms with Crippen LogP contribution in [0.25, 0.3) is 0 Å². The van der Waals surface area contributed by atoms with Gasteiger partial charge in [-0.15, -0.1) is 0 Å². The first kappa shape index (κ1) is 14.0. The molecule has 0 aromatic carbocycles. The highest BCUT2D eigenvalue weighted by molar-refractivity contribution is 5.50. The third kappa shape index (κ3) is 3.79. The Kier molecular flexibility index (Phi) is 4.95. The number of nitrogens with one attached hydrogen (secondary N) is 1. The number of rotatable bonds is 5. The number of anilines is 2. The molecular formula is C13H21N3O3. The Hall–Kier alpha value is -1.37. The molecule has 1 saturated heterocycles. The summed E-state index contributed by atoms with van der Waals surface area (Å²) < 4.78 is 5.33. The molecule has 6 nitrogen and oxygen atoms in total. The molecule has 0 bridgehead atoms. The van der Waals surface area contributed by atoms with Crippen molar-refractivity contribution >= 4 is 11.6 Å². The van der Waals surface area contributed by atoms with Crippen molar-refractivity contribution in [3.63, 3.8) is 0 Å². The van der Waals surface area contributed by atoms with Gasteiger partial charge in [0, 0.05) is 13.1 Å². The molecule has 0 radical (unpaired) electrons. The average molecular weight is 267 g/mol. The first-order valence-corrected chi connectivity index (χ1v) is 6.52. The lowest BCUT2D eigenvalue weighted by atomic mass is 10.2. The maximum absolute atomic E-state index is 9.10. The topological polar surface area (TPSA) is 77.8 Å². The Labute approximate surface area is 113 Å². The largest absolute Gasteiger partial charge is 0.394 e. The van der Waals surface area contributed by atoms with Gasteiger partial charge in [0.1, 0.15) is 11.6 Å². The number of pyridine rings is 1. The van der Waals surface area contributed by atoms with Gasteiger partial charge in [0.25, 0.3) is 0 Å². The van der Waals surface area contributed by atoms with Crippen molar-refractivity contribution in [3.8, 4) is 0 Å². The number of nitrogens with zero attached hydrogens (tertiary/aromatic N) is 2. The Bertz CT molecular complexity index is 404. The molecule has 1 aromatic heterocycles. The first-order chi connectivity index (χ1) is 9.22. The molecule has 0 saturated carbocycles. The second-order valence-electron chi connectivity index (χ2n) is 4.69. The van der Waals surface area contributed by atoms with Crippen LogP contribution < -0.4 is 10.2 Å². The average Bonchev–Trinajstić information content (AvgIpc) is 2.45.